The van der Waals surface area contributed by atoms with Crippen molar-refractivity contribution in [2.45, 2.75) is 90.0 Å². The van der Waals surface area contributed by atoms with Gasteiger partial charge in [0.2, 0.25) is 0 Å². The number of hydrogen-bond acceptors (Lipinski definition) is 4. The van der Waals surface area contributed by atoms with Gasteiger partial charge in [-0.25, -0.2) is 0 Å². The fraction of sp³-hybridized carbons (Fsp3) is 0.826. The Labute approximate surface area is 162 Å². The zero-order valence-electron chi connectivity index (χ0n) is 17.2. The molecule has 0 aromatic carbocycles. The monoisotopic (exact) mass is 374 g/mol. The zero-order chi connectivity index (χ0) is 19.2. The van der Waals surface area contributed by atoms with Crippen molar-refractivity contribution in [3.63, 3.8) is 0 Å². The van der Waals surface area contributed by atoms with Gasteiger partial charge in [-0.05, 0) is 56.6 Å². The Hall–Kier alpha value is -0.680. The molecule has 4 heteroatoms. The summed E-state index contributed by atoms with van der Waals surface area (Å²) in [5, 5.41) is 12.0. The van der Waals surface area contributed by atoms with Crippen LogP contribution in [0.5, 0.6) is 0 Å². The highest BCUT2D eigenvalue weighted by molar-refractivity contribution is 5.35. The highest BCUT2D eigenvalue weighted by atomic mass is 16.7. The van der Waals surface area contributed by atoms with Crippen LogP contribution in [-0.2, 0) is 14.2 Å². The lowest BCUT2D eigenvalue weighted by Gasteiger charge is -2.62. The molecule has 1 N–H and O–H groups in total. The van der Waals surface area contributed by atoms with Crippen molar-refractivity contribution in [3.05, 3.63) is 23.8 Å². The predicted octanol–water partition coefficient (Wildman–Crippen LogP) is 3.99. The highest BCUT2D eigenvalue weighted by Gasteiger charge is 2.65. The van der Waals surface area contributed by atoms with Gasteiger partial charge in [-0.15, -0.1) is 0 Å². The summed E-state index contributed by atoms with van der Waals surface area (Å²) < 4.78 is 18.8. The smallest absolute Gasteiger partial charge is 0.177 e. The summed E-state index contributed by atoms with van der Waals surface area (Å²) in [7, 11) is 0. The summed E-state index contributed by atoms with van der Waals surface area (Å²) in [5.74, 6) is 0.929. The fourth-order valence-electron chi connectivity index (χ4n) is 7.12. The maximum Gasteiger partial charge on any atom is 0.177 e. The lowest BCUT2D eigenvalue weighted by atomic mass is 9.47. The molecule has 0 aromatic rings. The lowest BCUT2D eigenvalue weighted by Crippen LogP contribution is -2.65. The molecule has 0 spiro atoms. The summed E-state index contributed by atoms with van der Waals surface area (Å²) in [6, 6.07) is 0. The van der Waals surface area contributed by atoms with Crippen molar-refractivity contribution in [1.82, 2.24) is 0 Å². The molecule has 8 atom stereocenters. The Morgan fingerprint density at radius 3 is 2.63 bits per heavy atom. The molecular weight excluding hydrogens is 340 g/mol. The van der Waals surface area contributed by atoms with E-state index in [4.69, 9.17) is 14.2 Å². The van der Waals surface area contributed by atoms with E-state index in [9.17, 15) is 5.11 Å². The van der Waals surface area contributed by atoms with Crippen LogP contribution in [-0.4, -0.2) is 41.9 Å². The molecule has 2 unspecified atom stereocenters. The van der Waals surface area contributed by atoms with Gasteiger partial charge in [-0.1, -0.05) is 32.9 Å². The largest absolute Gasteiger partial charge is 0.389 e. The molecular formula is C23H34O4. The zero-order valence-corrected chi connectivity index (χ0v) is 17.2. The van der Waals surface area contributed by atoms with E-state index in [-0.39, 0.29) is 29.3 Å². The van der Waals surface area contributed by atoms with E-state index in [1.54, 1.807) is 6.08 Å². The van der Waals surface area contributed by atoms with Crippen molar-refractivity contribution in [2.24, 2.45) is 22.7 Å². The van der Waals surface area contributed by atoms with Crippen molar-refractivity contribution in [1.29, 1.82) is 0 Å². The average Bonchev–Trinajstić information content (AvgIpc) is 3.00. The molecule has 5 aliphatic rings. The first kappa shape index (κ1) is 18.4. The number of rotatable bonds is 1. The minimum Gasteiger partial charge on any atom is -0.389 e. The van der Waals surface area contributed by atoms with Gasteiger partial charge >= 0.3 is 0 Å². The Bertz CT molecular complexity index is 696. The third-order valence-electron chi connectivity index (χ3n) is 9.04. The molecule has 0 radical (unpaired) electrons. The van der Waals surface area contributed by atoms with Gasteiger partial charge in [-0.2, -0.15) is 0 Å². The number of allylic oxidation sites excluding steroid dienone is 1. The molecule has 150 valence electrons. The average molecular weight is 375 g/mol. The first-order valence-electron chi connectivity index (χ1n) is 10.7. The van der Waals surface area contributed by atoms with Crippen LogP contribution in [0, 0.1) is 22.7 Å². The van der Waals surface area contributed by atoms with Gasteiger partial charge in [0.05, 0.1) is 24.4 Å². The normalized spacial score (nSPS) is 53.4. The summed E-state index contributed by atoms with van der Waals surface area (Å²) in [6.45, 7) is 13.8. The first-order valence-corrected chi connectivity index (χ1v) is 10.7. The Balaban J connectivity index is 1.69. The van der Waals surface area contributed by atoms with Crippen LogP contribution in [0.25, 0.3) is 0 Å². The quantitative estimate of drug-likeness (QED) is 0.705. The van der Waals surface area contributed by atoms with Crippen molar-refractivity contribution < 1.29 is 19.3 Å². The van der Waals surface area contributed by atoms with Gasteiger partial charge in [0.25, 0.3) is 0 Å². The molecule has 4 nitrogen and oxygen atoms in total. The number of hydrogen-bond donors (Lipinski definition) is 1. The molecule has 2 saturated carbocycles. The maximum atomic E-state index is 12.0. The van der Waals surface area contributed by atoms with Crippen LogP contribution in [0.3, 0.4) is 0 Å². The number of aliphatic hydroxyl groups is 1. The molecule has 2 bridgehead atoms. The van der Waals surface area contributed by atoms with Crippen molar-refractivity contribution in [3.8, 4) is 0 Å². The van der Waals surface area contributed by atoms with E-state index in [1.165, 1.54) is 11.1 Å². The molecule has 5 rings (SSSR count). The van der Waals surface area contributed by atoms with Crippen LogP contribution in [0.2, 0.25) is 0 Å². The second kappa shape index (κ2) is 5.69. The third-order valence-corrected chi connectivity index (χ3v) is 9.04. The van der Waals surface area contributed by atoms with Gasteiger partial charge < -0.3 is 19.3 Å². The van der Waals surface area contributed by atoms with E-state index >= 15 is 0 Å². The molecule has 0 amide bonds. The molecule has 4 fully saturated rings. The van der Waals surface area contributed by atoms with Crippen LogP contribution >= 0.6 is 0 Å². The Morgan fingerprint density at radius 2 is 1.96 bits per heavy atom. The molecule has 2 heterocycles. The van der Waals surface area contributed by atoms with Gasteiger partial charge in [0.1, 0.15) is 6.10 Å². The molecule has 0 aromatic heterocycles. The van der Waals surface area contributed by atoms with E-state index in [2.05, 4.69) is 34.3 Å². The van der Waals surface area contributed by atoms with Gasteiger partial charge in [0.15, 0.2) is 6.29 Å². The van der Waals surface area contributed by atoms with E-state index in [0.29, 0.717) is 17.9 Å². The summed E-state index contributed by atoms with van der Waals surface area (Å²) >= 11 is 0. The van der Waals surface area contributed by atoms with Crippen LogP contribution in [0.4, 0.5) is 0 Å². The Kier molecular flexibility index (Phi) is 3.87. The number of ether oxygens (including phenoxy) is 3. The predicted molar refractivity (Wildman–Crippen MR) is 103 cm³/mol. The lowest BCUT2D eigenvalue weighted by molar-refractivity contribution is -0.234. The molecule has 2 saturated heterocycles. The highest BCUT2D eigenvalue weighted by Crippen LogP contribution is 2.64. The van der Waals surface area contributed by atoms with Crippen molar-refractivity contribution >= 4 is 0 Å². The van der Waals surface area contributed by atoms with Gasteiger partial charge in [-0.3, -0.25) is 0 Å². The summed E-state index contributed by atoms with van der Waals surface area (Å²) in [6.07, 6.45) is 6.46. The third kappa shape index (κ3) is 2.24. The van der Waals surface area contributed by atoms with Gasteiger partial charge in [0, 0.05) is 16.7 Å². The maximum absolute atomic E-state index is 12.0. The SMILES string of the molecule is C=C[C@@H]1O[C@@H]2C3=C(C)CC[C@@](O)(CC4C5CO[C@@H]5CC[C@@]4(C)[C@@H]2O1)C3(C)C. The van der Waals surface area contributed by atoms with E-state index in [0.717, 1.165) is 38.7 Å². The van der Waals surface area contributed by atoms with E-state index in [1.807, 2.05) is 0 Å². The van der Waals surface area contributed by atoms with Crippen LogP contribution in [0.1, 0.15) is 59.8 Å². The molecule has 3 aliphatic carbocycles. The van der Waals surface area contributed by atoms with Crippen molar-refractivity contribution in [2.75, 3.05) is 6.61 Å². The van der Waals surface area contributed by atoms with Crippen LogP contribution < -0.4 is 0 Å². The first-order chi connectivity index (χ1) is 12.7. The second-order valence-electron chi connectivity index (χ2n) is 10.5. The summed E-state index contributed by atoms with van der Waals surface area (Å²) in [5.41, 5.74) is 1.61. The standard InChI is InChI=1S/C23H34O4/c1-6-17-26-19-18-13(2)7-10-23(24,21(18,3)4)11-15-14-12-25-16(14)8-9-22(15,5)20(19)27-17/h6,14-17,19-20,24H,1,7-12H2,2-5H3/t14?,15?,16-,17-,19-,20-,22-,23-/m1/s1. The van der Waals surface area contributed by atoms with Crippen LogP contribution in [0.15, 0.2) is 23.8 Å². The topological polar surface area (TPSA) is 47.9 Å². The molecule has 2 aliphatic heterocycles. The summed E-state index contributed by atoms with van der Waals surface area (Å²) in [4.78, 5) is 0. The Morgan fingerprint density at radius 1 is 1.19 bits per heavy atom. The number of fused-ring (bicyclic) bond motifs is 8. The fourth-order valence-corrected chi connectivity index (χ4v) is 7.12. The van der Waals surface area contributed by atoms with E-state index < -0.39 is 5.60 Å². The minimum absolute atomic E-state index is 0.0129. The molecule has 27 heavy (non-hydrogen) atoms. The second-order valence-corrected chi connectivity index (χ2v) is 10.5. The minimum atomic E-state index is -0.703.